The Morgan fingerprint density at radius 1 is 1.56 bits per heavy atom. The Hall–Kier alpha value is 0.210. The van der Waals surface area contributed by atoms with Gasteiger partial charge in [-0.1, -0.05) is 19.8 Å². The van der Waals surface area contributed by atoms with Gasteiger partial charge in [-0.2, -0.15) is 0 Å². The van der Waals surface area contributed by atoms with Crippen molar-refractivity contribution >= 4 is 12.4 Å². The van der Waals surface area contributed by atoms with Crippen LogP contribution in [0.5, 0.6) is 0 Å². The number of unbranched alkanes of at least 4 members (excludes halogenated alkanes) is 1. The summed E-state index contributed by atoms with van der Waals surface area (Å²) in [6.07, 6.45) is 2.80. The van der Waals surface area contributed by atoms with Crippen LogP contribution in [-0.2, 0) is 0 Å². The van der Waals surface area contributed by atoms with Gasteiger partial charge in [0, 0.05) is 6.54 Å². The van der Waals surface area contributed by atoms with Crippen LogP contribution in [-0.4, -0.2) is 17.8 Å². The van der Waals surface area contributed by atoms with Gasteiger partial charge in [0.2, 0.25) is 0 Å². The third kappa shape index (κ3) is 8.21. The zero-order valence-electron chi connectivity index (χ0n) is 5.84. The van der Waals surface area contributed by atoms with E-state index in [4.69, 9.17) is 10.8 Å². The molecule has 0 fully saturated rings. The smallest absolute Gasteiger partial charge is 0.0662 e. The molecule has 3 heteroatoms. The number of aliphatic hydroxyl groups is 1. The molecule has 1 atom stereocenters. The molecule has 0 saturated heterocycles. The number of hydrogen-bond donors (Lipinski definition) is 2. The fraction of sp³-hybridized carbons (Fsp3) is 1.00. The van der Waals surface area contributed by atoms with E-state index in [0.29, 0.717) is 6.54 Å². The van der Waals surface area contributed by atoms with Crippen LogP contribution < -0.4 is 5.73 Å². The lowest BCUT2D eigenvalue weighted by atomic mass is 10.2. The van der Waals surface area contributed by atoms with Crippen molar-refractivity contribution in [1.29, 1.82) is 0 Å². The normalized spacial score (nSPS) is 12.3. The van der Waals surface area contributed by atoms with Crippen molar-refractivity contribution in [2.24, 2.45) is 5.73 Å². The molecule has 0 bridgehead atoms. The molecule has 0 amide bonds. The van der Waals surface area contributed by atoms with Gasteiger partial charge in [-0.3, -0.25) is 0 Å². The van der Waals surface area contributed by atoms with Gasteiger partial charge in [0.15, 0.2) is 0 Å². The molecular formula is C6H16ClNO. The Bertz CT molecular complexity index is 52.3. The molecule has 0 aromatic heterocycles. The standard InChI is InChI=1S/C6H15NO.ClH/c1-2-3-4-6(8)5-7;/h6,8H,2-5,7H2,1H3;1H. The lowest BCUT2D eigenvalue weighted by Crippen LogP contribution is -2.18. The van der Waals surface area contributed by atoms with E-state index in [-0.39, 0.29) is 18.5 Å². The second-order valence-corrected chi connectivity index (χ2v) is 2.03. The van der Waals surface area contributed by atoms with Crippen LogP contribution in [0.4, 0.5) is 0 Å². The van der Waals surface area contributed by atoms with Crippen LogP contribution in [0.3, 0.4) is 0 Å². The van der Waals surface area contributed by atoms with Crippen LogP contribution >= 0.6 is 12.4 Å². The maximum Gasteiger partial charge on any atom is 0.0662 e. The van der Waals surface area contributed by atoms with Gasteiger partial charge >= 0.3 is 0 Å². The SMILES string of the molecule is CCCCC(O)CN.Cl. The molecule has 0 aliphatic carbocycles. The van der Waals surface area contributed by atoms with Crippen LogP contribution in [0.2, 0.25) is 0 Å². The Labute approximate surface area is 62.9 Å². The Kier molecular flexibility index (Phi) is 10.9. The summed E-state index contributed by atoms with van der Waals surface area (Å²) in [4.78, 5) is 0. The molecule has 0 aliphatic heterocycles. The molecule has 58 valence electrons. The molecule has 3 N–H and O–H groups in total. The molecular weight excluding hydrogens is 138 g/mol. The lowest BCUT2D eigenvalue weighted by Gasteiger charge is -2.03. The molecule has 0 rings (SSSR count). The van der Waals surface area contributed by atoms with Crippen molar-refractivity contribution < 1.29 is 5.11 Å². The molecule has 0 aromatic carbocycles. The largest absolute Gasteiger partial charge is 0.392 e. The predicted octanol–water partition coefficient (Wildman–Crippen LogP) is 0.918. The molecule has 0 heterocycles. The van der Waals surface area contributed by atoms with Gasteiger partial charge in [-0.05, 0) is 6.42 Å². The molecule has 0 saturated carbocycles. The third-order valence-electron chi connectivity index (χ3n) is 1.16. The fourth-order valence-corrected chi connectivity index (χ4v) is 0.558. The summed E-state index contributed by atoms with van der Waals surface area (Å²) in [6, 6.07) is 0. The average molecular weight is 154 g/mol. The monoisotopic (exact) mass is 153 g/mol. The number of halogens is 1. The topological polar surface area (TPSA) is 46.2 Å². The van der Waals surface area contributed by atoms with Gasteiger partial charge < -0.3 is 10.8 Å². The van der Waals surface area contributed by atoms with Gasteiger partial charge in [-0.15, -0.1) is 12.4 Å². The minimum absolute atomic E-state index is 0. The summed E-state index contributed by atoms with van der Waals surface area (Å²) in [7, 11) is 0. The average Bonchev–Trinajstić information content (AvgIpc) is 1.83. The molecule has 0 radical (unpaired) electrons. The van der Waals surface area contributed by atoms with E-state index in [0.717, 1.165) is 19.3 Å². The van der Waals surface area contributed by atoms with Crippen molar-refractivity contribution in [2.75, 3.05) is 6.54 Å². The second-order valence-electron chi connectivity index (χ2n) is 2.03. The molecule has 0 spiro atoms. The quantitative estimate of drug-likeness (QED) is 0.631. The number of aliphatic hydroxyl groups excluding tert-OH is 1. The Balaban J connectivity index is 0. The highest BCUT2D eigenvalue weighted by Crippen LogP contribution is 1.97. The highest BCUT2D eigenvalue weighted by Gasteiger charge is 1.96. The number of hydrogen-bond acceptors (Lipinski definition) is 2. The number of rotatable bonds is 4. The van der Waals surface area contributed by atoms with E-state index in [2.05, 4.69) is 6.92 Å². The molecule has 1 unspecified atom stereocenters. The van der Waals surface area contributed by atoms with E-state index in [1.54, 1.807) is 0 Å². The highest BCUT2D eigenvalue weighted by molar-refractivity contribution is 5.85. The maximum absolute atomic E-state index is 8.86. The van der Waals surface area contributed by atoms with Crippen LogP contribution in [0.15, 0.2) is 0 Å². The summed E-state index contributed by atoms with van der Waals surface area (Å²) >= 11 is 0. The van der Waals surface area contributed by atoms with Gasteiger partial charge in [0.1, 0.15) is 0 Å². The Morgan fingerprint density at radius 2 is 2.11 bits per heavy atom. The number of nitrogens with two attached hydrogens (primary N) is 1. The van der Waals surface area contributed by atoms with Crippen LogP contribution in [0.1, 0.15) is 26.2 Å². The van der Waals surface area contributed by atoms with Gasteiger partial charge in [-0.25, -0.2) is 0 Å². The fourth-order valence-electron chi connectivity index (χ4n) is 0.558. The predicted molar refractivity (Wildman–Crippen MR) is 41.8 cm³/mol. The summed E-state index contributed by atoms with van der Waals surface area (Å²) < 4.78 is 0. The molecule has 2 nitrogen and oxygen atoms in total. The van der Waals surface area contributed by atoms with E-state index in [1.807, 2.05) is 0 Å². The Morgan fingerprint density at radius 3 is 2.44 bits per heavy atom. The summed E-state index contributed by atoms with van der Waals surface area (Å²) in [5.41, 5.74) is 5.16. The van der Waals surface area contributed by atoms with E-state index in [9.17, 15) is 0 Å². The minimum Gasteiger partial charge on any atom is -0.392 e. The molecule has 0 aromatic rings. The summed E-state index contributed by atoms with van der Waals surface area (Å²) in [5, 5.41) is 8.86. The van der Waals surface area contributed by atoms with Gasteiger partial charge in [0.25, 0.3) is 0 Å². The molecule has 9 heavy (non-hydrogen) atoms. The summed E-state index contributed by atoms with van der Waals surface area (Å²) in [5.74, 6) is 0. The second kappa shape index (κ2) is 8.21. The first-order valence-corrected chi connectivity index (χ1v) is 3.19. The van der Waals surface area contributed by atoms with Crippen molar-refractivity contribution in [3.05, 3.63) is 0 Å². The lowest BCUT2D eigenvalue weighted by molar-refractivity contribution is 0.169. The maximum atomic E-state index is 8.86. The van der Waals surface area contributed by atoms with Crippen LogP contribution in [0.25, 0.3) is 0 Å². The van der Waals surface area contributed by atoms with Crippen molar-refractivity contribution in [3.63, 3.8) is 0 Å². The summed E-state index contributed by atoms with van der Waals surface area (Å²) in [6.45, 7) is 2.50. The van der Waals surface area contributed by atoms with E-state index in [1.165, 1.54) is 0 Å². The van der Waals surface area contributed by atoms with Crippen molar-refractivity contribution in [1.82, 2.24) is 0 Å². The minimum atomic E-state index is -0.269. The first-order chi connectivity index (χ1) is 3.81. The van der Waals surface area contributed by atoms with E-state index >= 15 is 0 Å². The highest BCUT2D eigenvalue weighted by atomic mass is 35.5. The third-order valence-corrected chi connectivity index (χ3v) is 1.16. The van der Waals surface area contributed by atoms with Gasteiger partial charge in [0.05, 0.1) is 6.10 Å². The first kappa shape index (κ1) is 11.9. The van der Waals surface area contributed by atoms with Crippen molar-refractivity contribution in [3.8, 4) is 0 Å². The van der Waals surface area contributed by atoms with Crippen LogP contribution in [0, 0.1) is 0 Å². The zero-order chi connectivity index (χ0) is 6.41. The van der Waals surface area contributed by atoms with Crippen molar-refractivity contribution in [2.45, 2.75) is 32.3 Å². The molecule has 0 aliphatic rings. The van der Waals surface area contributed by atoms with E-state index < -0.39 is 0 Å². The zero-order valence-corrected chi connectivity index (χ0v) is 6.66. The first-order valence-electron chi connectivity index (χ1n) is 3.19.